The van der Waals surface area contributed by atoms with E-state index in [4.69, 9.17) is 0 Å². The Balaban J connectivity index is 1.58. The minimum Gasteiger partial charge on any atom is -0.373 e. The van der Waals surface area contributed by atoms with Gasteiger partial charge in [-0.15, -0.1) is 0 Å². The molecule has 0 N–H and O–H groups in total. The summed E-state index contributed by atoms with van der Waals surface area (Å²) in [4.78, 5) is 17.1. The predicted molar refractivity (Wildman–Crippen MR) is 107 cm³/mol. The lowest BCUT2D eigenvalue weighted by molar-refractivity contribution is 0.258. The largest absolute Gasteiger partial charge is 0.373 e. The van der Waals surface area contributed by atoms with Gasteiger partial charge in [0.2, 0.25) is 0 Å². The quantitative estimate of drug-likeness (QED) is 0.767. The Hall–Kier alpha value is -2.14. The number of benzene rings is 1. The van der Waals surface area contributed by atoms with E-state index < -0.39 is 0 Å². The first-order valence-corrected chi connectivity index (χ1v) is 9.59. The number of likely N-dealkylation sites (N-methyl/N-ethyl adjacent to an activating group) is 1. The van der Waals surface area contributed by atoms with Crippen LogP contribution in [-0.4, -0.2) is 47.4 Å². The van der Waals surface area contributed by atoms with Gasteiger partial charge in [-0.1, -0.05) is 30.3 Å². The maximum atomic E-state index is 12.5. The molecule has 1 unspecified atom stereocenters. The molecule has 0 spiro atoms. The molecule has 5 heteroatoms. The van der Waals surface area contributed by atoms with Gasteiger partial charge in [0.15, 0.2) is 0 Å². The summed E-state index contributed by atoms with van der Waals surface area (Å²) in [7, 11) is 2.02. The summed E-state index contributed by atoms with van der Waals surface area (Å²) in [5, 5.41) is 4.43. The van der Waals surface area contributed by atoms with E-state index in [0.717, 1.165) is 44.7 Å². The van der Waals surface area contributed by atoms with Gasteiger partial charge in [0, 0.05) is 38.8 Å². The summed E-state index contributed by atoms with van der Waals surface area (Å²) in [6, 6.07) is 12.7. The molecular formula is C21H30N4O. The van der Waals surface area contributed by atoms with Gasteiger partial charge in [-0.2, -0.15) is 5.10 Å². The topological polar surface area (TPSA) is 41.4 Å². The Labute approximate surface area is 156 Å². The SMILES string of the molecule is CC(C)N1CCC(Cn2ncc(N(C)CCc3ccccc3)cc2=O)C1. The Morgan fingerprint density at radius 2 is 2.04 bits per heavy atom. The first-order chi connectivity index (χ1) is 12.5. The summed E-state index contributed by atoms with van der Waals surface area (Å²) >= 11 is 0. The van der Waals surface area contributed by atoms with Gasteiger partial charge in [0.1, 0.15) is 0 Å². The maximum absolute atomic E-state index is 12.5. The molecule has 1 aromatic carbocycles. The molecule has 2 heterocycles. The summed E-state index contributed by atoms with van der Waals surface area (Å²) in [5.74, 6) is 0.518. The lowest BCUT2D eigenvalue weighted by Gasteiger charge is -2.21. The highest BCUT2D eigenvalue weighted by molar-refractivity contribution is 5.42. The highest BCUT2D eigenvalue weighted by Gasteiger charge is 2.24. The van der Waals surface area contributed by atoms with Crippen LogP contribution in [0.3, 0.4) is 0 Å². The standard InChI is InChI=1S/C21H30N4O/c1-17(2)24-12-10-19(15-24)16-25-21(26)13-20(14-22-25)23(3)11-9-18-7-5-4-6-8-18/h4-8,13-14,17,19H,9-12,15-16H2,1-3H3. The van der Waals surface area contributed by atoms with Gasteiger partial charge in [-0.25, -0.2) is 4.68 Å². The van der Waals surface area contributed by atoms with Crippen molar-refractivity contribution in [2.24, 2.45) is 5.92 Å². The Morgan fingerprint density at radius 1 is 1.27 bits per heavy atom. The van der Waals surface area contributed by atoms with Crippen molar-refractivity contribution in [3.63, 3.8) is 0 Å². The molecule has 1 fully saturated rings. The van der Waals surface area contributed by atoms with Crippen molar-refractivity contribution in [2.75, 3.05) is 31.6 Å². The Kier molecular flexibility index (Phi) is 6.09. The summed E-state index contributed by atoms with van der Waals surface area (Å²) < 4.78 is 1.63. The third kappa shape index (κ3) is 4.73. The molecule has 0 bridgehead atoms. The molecule has 0 saturated carbocycles. The van der Waals surface area contributed by atoms with Crippen LogP contribution < -0.4 is 10.5 Å². The molecule has 5 nitrogen and oxygen atoms in total. The van der Waals surface area contributed by atoms with Crippen LogP contribution in [-0.2, 0) is 13.0 Å². The van der Waals surface area contributed by atoms with E-state index >= 15 is 0 Å². The van der Waals surface area contributed by atoms with E-state index in [-0.39, 0.29) is 5.56 Å². The average molecular weight is 354 g/mol. The molecule has 0 amide bonds. The number of hydrogen-bond acceptors (Lipinski definition) is 4. The molecule has 2 aromatic rings. The molecule has 1 atom stereocenters. The molecule has 3 rings (SSSR count). The predicted octanol–water partition coefficient (Wildman–Crippen LogP) is 2.65. The molecule has 1 aromatic heterocycles. The zero-order valence-corrected chi connectivity index (χ0v) is 16.1. The van der Waals surface area contributed by atoms with Gasteiger partial charge in [-0.3, -0.25) is 4.79 Å². The van der Waals surface area contributed by atoms with E-state index in [2.05, 4.69) is 53.0 Å². The third-order valence-corrected chi connectivity index (χ3v) is 5.35. The normalized spacial score (nSPS) is 17.8. The van der Waals surface area contributed by atoms with Gasteiger partial charge < -0.3 is 9.80 Å². The third-order valence-electron chi connectivity index (χ3n) is 5.35. The number of anilines is 1. The maximum Gasteiger partial charge on any atom is 0.268 e. The van der Waals surface area contributed by atoms with E-state index in [1.807, 2.05) is 19.3 Å². The molecule has 140 valence electrons. The van der Waals surface area contributed by atoms with Crippen LogP contribution in [0.15, 0.2) is 47.4 Å². The number of likely N-dealkylation sites (tertiary alicyclic amines) is 1. The fourth-order valence-electron chi connectivity index (χ4n) is 3.57. The fourth-order valence-corrected chi connectivity index (χ4v) is 3.57. The Morgan fingerprint density at radius 3 is 2.69 bits per heavy atom. The molecule has 26 heavy (non-hydrogen) atoms. The van der Waals surface area contributed by atoms with E-state index in [1.165, 1.54) is 5.56 Å². The smallest absolute Gasteiger partial charge is 0.268 e. The number of nitrogens with zero attached hydrogens (tertiary/aromatic N) is 4. The number of aromatic nitrogens is 2. The molecule has 1 saturated heterocycles. The molecule has 0 radical (unpaired) electrons. The van der Waals surface area contributed by atoms with Crippen molar-refractivity contribution < 1.29 is 0 Å². The average Bonchev–Trinajstić information content (AvgIpc) is 3.11. The molecule has 1 aliphatic rings. The zero-order valence-electron chi connectivity index (χ0n) is 16.1. The zero-order chi connectivity index (χ0) is 18.5. The van der Waals surface area contributed by atoms with Crippen molar-refractivity contribution >= 4 is 5.69 Å². The number of rotatable bonds is 7. The van der Waals surface area contributed by atoms with Gasteiger partial charge in [-0.05, 0) is 44.7 Å². The summed E-state index contributed by atoms with van der Waals surface area (Å²) in [5.41, 5.74) is 2.19. The van der Waals surface area contributed by atoms with Crippen LogP contribution in [0, 0.1) is 5.92 Å². The highest BCUT2D eigenvalue weighted by Crippen LogP contribution is 2.19. The summed E-state index contributed by atoms with van der Waals surface area (Å²) in [6.07, 6.45) is 3.92. The van der Waals surface area contributed by atoms with Crippen LogP contribution in [0.4, 0.5) is 5.69 Å². The molecular weight excluding hydrogens is 324 g/mol. The van der Waals surface area contributed by atoms with Gasteiger partial charge >= 0.3 is 0 Å². The van der Waals surface area contributed by atoms with E-state index in [9.17, 15) is 4.79 Å². The van der Waals surface area contributed by atoms with Crippen LogP contribution in [0.25, 0.3) is 0 Å². The van der Waals surface area contributed by atoms with Crippen molar-refractivity contribution in [2.45, 2.75) is 39.3 Å². The van der Waals surface area contributed by atoms with Gasteiger partial charge in [0.05, 0.1) is 11.9 Å². The monoisotopic (exact) mass is 354 g/mol. The van der Waals surface area contributed by atoms with Crippen LogP contribution >= 0.6 is 0 Å². The minimum atomic E-state index is -0.00272. The van der Waals surface area contributed by atoms with Crippen LogP contribution in [0.5, 0.6) is 0 Å². The van der Waals surface area contributed by atoms with E-state index in [0.29, 0.717) is 12.0 Å². The van der Waals surface area contributed by atoms with Crippen molar-refractivity contribution in [1.82, 2.24) is 14.7 Å². The van der Waals surface area contributed by atoms with Crippen LogP contribution in [0.2, 0.25) is 0 Å². The fraction of sp³-hybridized carbons (Fsp3) is 0.524. The second-order valence-corrected chi connectivity index (χ2v) is 7.63. The second kappa shape index (κ2) is 8.49. The van der Waals surface area contributed by atoms with Crippen molar-refractivity contribution in [1.29, 1.82) is 0 Å². The van der Waals surface area contributed by atoms with Crippen LogP contribution in [0.1, 0.15) is 25.8 Å². The first-order valence-electron chi connectivity index (χ1n) is 9.59. The Bertz CT molecular complexity index is 756. The lowest BCUT2D eigenvalue weighted by atomic mass is 10.1. The molecule has 1 aliphatic heterocycles. The summed E-state index contributed by atoms with van der Waals surface area (Å²) in [6.45, 7) is 8.22. The number of hydrogen-bond donors (Lipinski definition) is 0. The van der Waals surface area contributed by atoms with Crippen molar-refractivity contribution in [3.8, 4) is 0 Å². The minimum absolute atomic E-state index is 0.00272. The first kappa shape index (κ1) is 18.6. The van der Waals surface area contributed by atoms with E-state index in [1.54, 1.807) is 10.7 Å². The van der Waals surface area contributed by atoms with Crippen molar-refractivity contribution in [3.05, 3.63) is 58.5 Å². The second-order valence-electron chi connectivity index (χ2n) is 7.63. The highest BCUT2D eigenvalue weighted by atomic mass is 16.1. The lowest BCUT2D eigenvalue weighted by Crippen LogP contribution is -2.31. The van der Waals surface area contributed by atoms with Gasteiger partial charge in [0.25, 0.3) is 5.56 Å². The molecule has 0 aliphatic carbocycles.